The number of nitrogens with two attached hydrogens (primary N) is 1. The lowest BCUT2D eigenvalue weighted by Crippen LogP contribution is -2.28. The van der Waals surface area contributed by atoms with E-state index in [0.717, 1.165) is 10.4 Å². The standard InChI is InChI=1S/C12H18FN3O4S/c1-16(2)21(18,19)5-4-15-11-6-8(12(17)20-3)10(14)7-9(11)13/h6-7,15H,4-5,14H2,1-3H3. The van der Waals surface area contributed by atoms with E-state index in [2.05, 4.69) is 10.1 Å². The molecule has 0 atom stereocenters. The van der Waals surface area contributed by atoms with E-state index in [4.69, 9.17) is 5.73 Å². The number of methoxy groups -OCH3 is 1. The van der Waals surface area contributed by atoms with Gasteiger partial charge in [0, 0.05) is 26.3 Å². The van der Waals surface area contributed by atoms with E-state index in [9.17, 15) is 17.6 Å². The second-order valence-corrected chi connectivity index (χ2v) is 6.74. The molecule has 9 heteroatoms. The molecule has 0 aromatic heterocycles. The number of carbonyl (C=O) groups excluding carboxylic acids is 1. The molecule has 0 saturated heterocycles. The molecule has 0 saturated carbocycles. The lowest BCUT2D eigenvalue weighted by atomic mass is 10.1. The van der Waals surface area contributed by atoms with Crippen molar-refractivity contribution in [2.45, 2.75) is 0 Å². The predicted molar refractivity (Wildman–Crippen MR) is 78.1 cm³/mol. The monoisotopic (exact) mass is 319 g/mol. The maximum absolute atomic E-state index is 13.7. The van der Waals surface area contributed by atoms with Crippen LogP contribution in [0.25, 0.3) is 0 Å². The summed E-state index contributed by atoms with van der Waals surface area (Å²) in [5, 5.41) is 2.63. The minimum Gasteiger partial charge on any atom is -0.465 e. The van der Waals surface area contributed by atoms with Gasteiger partial charge in [0.15, 0.2) is 0 Å². The Morgan fingerprint density at radius 3 is 2.57 bits per heavy atom. The number of halogens is 1. The number of carbonyl (C=O) groups is 1. The molecule has 0 heterocycles. The average molecular weight is 319 g/mol. The van der Waals surface area contributed by atoms with Crippen molar-refractivity contribution in [3.8, 4) is 0 Å². The molecule has 21 heavy (non-hydrogen) atoms. The van der Waals surface area contributed by atoms with Gasteiger partial charge in [-0.2, -0.15) is 0 Å². The number of esters is 1. The summed E-state index contributed by atoms with van der Waals surface area (Å²) in [6, 6.07) is 2.17. The number of nitrogens with one attached hydrogen (secondary N) is 1. The first-order valence-corrected chi connectivity index (χ1v) is 7.61. The molecule has 0 aliphatic carbocycles. The number of nitrogen functional groups attached to an aromatic ring is 1. The van der Waals surface area contributed by atoms with Crippen molar-refractivity contribution < 1.29 is 22.3 Å². The normalized spacial score (nSPS) is 11.5. The summed E-state index contributed by atoms with van der Waals surface area (Å²) in [4.78, 5) is 11.5. The summed E-state index contributed by atoms with van der Waals surface area (Å²) in [7, 11) is 0.616. The van der Waals surface area contributed by atoms with Crippen LogP contribution in [0, 0.1) is 5.82 Å². The van der Waals surface area contributed by atoms with Crippen molar-refractivity contribution >= 4 is 27.4 Å². The molecule has 0 bridgehead atoms. The number of hydrogen-bond acceptors (Lipinski definition) is 6. The second-order valence-electron chi connectivity index (χ2n) is 4.44. The Balaban J connectivity index is 2.87. The van der Waals surface area contributed by atoms with E-state index < -0.39 is 21.8 Å². The molecular formula is C12H18FN3O4S. The number of ether oxygens (including phenoxy) is 1. The van der Waals surface area contributed by atoms with Crippen molar-refractivity contribution in [3.63, 3.8) is 0 Å². The van der Waals surface area contributed by atoms with Crippen molar-refractivity contribution in [2.75, 3.05) is 44.6 Å². The van der Waals surface area contributed by atoms with Gasteiger partial charge in [0.25, 0.3) is 0 Å². The van der Waals surface area contributed by atoms with E-state index in [1.54, 1.807) is 0 Å². The fourth-order valence-corrected chi connectivity index (χ4v) is 2.23. The number of hydrogen-bond donors (Lipinski definition) is 2. The minimum absolute atomic E-state index is 0.0110. The van der Waals surface area contributed by atoms with Crippen molar-refractivity contribution in [1.82, 2.24) is 4.31 Å². The fourth-order valence-electron chi connectivity index (χ4n) is 1.51. The summed E-state index contributed by atoms with van der Waals surface area (Å²) >= 11 is 0. The SMILES string of the molecule is COC(=O)c1cc(NCCS(=O)(=O)N(C)C)c(F)cc1N. The van der Waals surface area contributed by atoms with Crippen LogP contribution in [0.2, 0.25) is 0 Å². The third-order valence-electron chi connectivity index (χ3n) is 2.78. The minimum atomic E-state index is -3.39. The van der Waals surface area contributed by atoms with Gasteiger partial charge in [-0.15, -0.1) is 0 Å². The van der Waals surface area contributed by atoms with Crippen molar-refractivity contribution in [2.24, 2.45) is 0 Å². The molecule has 1 rings (SSSR count). The predicted octanol–water partition coefficient (Wildman–Crippen LogP) is 0.498. The summed E-state index contributed by atoms with van der Waals surface area (Å²) in [6.07, 6.45) is 0. The van der Waals surface area contributed by atoms with Gasteiger partial charge in [-0.25, -0.2) is 21.9 Å². The highest BCUT2D eigenvalue weighted by molar-refractivity contribution is 7.89. The molecule has 0 radical (unpaired) electrons. The zero-order valence-corrected chi connectivity index (χ0v) is 12.8. The Kier molecular flexibility index (Phi) is 5.50. The maximum atomic E-state index is 13.7. The van der Waals surface area contributed by atoms with E-state index >= 15 is 0 Å². The van der Waals surface area contributed by atoms with Crippen LogP contribution >= 0.6 is 0 Å². The zero-order valence-electron chi connectivity index (χ0n) is 12.0. The van der Waals surface area contributed by atoms with Crippen LogP contribution in [0.4, 0.5) is 15.8 Å². The molecule has 118 valence electrons. The molecule has 1 aromatic rings. The molecule has 0 aliphatic rings. The van der Waals surface area contributed by atoms with Crippen LogP contribution in [0.15, 0.2) is 12.1 Å². The largest absolute Gasteiger partial charge is 0.465 e. The Hall–Kier alpha value is -1.87. The van der Waals surface area contributed by atoms with Gasteiger partial charge in [0.05, 0.1) is 24.1 Å². The topological polar surface area (TPSA) is 102 Å². The molecule has 3 N–H and O–H groups in total. The summed E-state index contributed by atoms with van der Waals surface area (Å²) in [5.74, 6) is -1.59. The van der Waals surface area contributed by atoms with Gasteiger partial charge in [-0.1, -0.05) is 0 Å². The maximum Gasteiger partial charge on any atom is 0.340 e. The summed E-state index contributed by atoms with van der Waals surface area (Å²) in [5.41, 5.74) is 5.48. The van der Waals surface area contributed by atoms with Gasteiger partial charge in [0.1, 0.15) is 5.82 Å². The van der Waals surface area contributed by atoms with Gasteiger partial charge in [0.2, 0.25) is 10.0 Å². The lowest BCUT2D eigenvalue weighted by molar-refractivity contribution is 0.0602. The van der Waals surface area contributed by atoms with E-state index in [0.29, 0.717) is 0 Å². The number of anilines is 2. The van der Waals surface area contributed by atoms with Gasteiger partial charge in [-0.05, 0) is 12.1 Å². The van der Waals surface area contributed by atoms with Gasteiger partial charge < -0.3 is 15.8 Å². The van der Waals surface area contributed by atoms with Crippen LogP contribution in [0.1, 0.15) is 10.4 Å². The van der Waals surface area contributed by atoms with Crippen LogP contribution in [0.3, 0.4) is 0 Å². The number of nitrogens with zero attached hydrogens (tertiary/aromatic N) is 1. The number of rotatable bonds is 6. The first-order chi connectivity index (χ1) is 9.69. The number of benzene rings is 1. The molecule has 7 nitrogen and oxygen atoms in total. The molecule has 0 fully saturated rings. The average Bonchev–Trinajstić information content (AvgIpc) is 2.40. The summed E-state index contributed by atoms with van der Waals surface area (Å²) in [6.45, 7) is -0.0119. The first-order valence-electron chi connectivity index (χ1n) is 6.00. The Morgan fingerprint density at radius 2 is 2.05 bits per heavy atom. The molecule has 1 aromatic carbocycles. The smallest absolute Gasteiger partial charge is 0.340 e. The van der Waals surface area contributed by atoms with Crippen molar-refractivity contribution in [1.29, 1.82) is 0 Å². The number of sulfonamides is 1. The van der Waals surface area contributed by atoms with Crippen molar-refractivity contribution in [3.05, 3.63) is 23.5 Å². The zero-order chi connectivity index (χ0) is 16.2. The van der Waals surface area contributed by atoms with Gasteiger partial charge >= 0.3 is 5.97 Å². The van der Waals surface area contributed by atoms with Crippen LogP contribution < -0.4 is 11.1 Å². The molecule has 0 unspecified atom stereocenters. The Bertz CT molecular complexity index is 632. The first kappa shape index (κ1) is 17.2. The molecule has 0 amide bonds. The second kappa shape index (κ2) is 6.72. The third-order valence-corrected chi connectivity index (χ3v) is 4.61. The molecular weight excluding hydrogens is 301 g/mol. The summed E-state index contributed by atoms with van der Waals surface area (Å²) < 4.78 is 42.5. The fraction of sp³-hybridized carbons (Fsp3) is 0.417. The third kappa shape index (κ3) is 4.30. The quantitative estimate of drug-likeness (QED) is 0.585. The Labute approximate surface area is 122 Å². The highest BCUT2D eigenvalue weighted by Gasteiger charge is 2.16. The van der Waals surface area contributed by atoms with E-state index in [1.165, 1.54) is 27.3 Å². The highest BCUT2D eigenvalue weighted by atomic mass is 32.2. The van der Waals surface area contributed by atoms with Gasteiger partial charge in [-0.3, -0.25) is 0 Å². The van der Waals surface area contributed by atoms with E-state index in [1.807, 2.05) is 0 Å². The molecule has 0 spiro atoms. The lowest BCUT2D eigenvalue weighted by Gasteiger charge is -2.13. The highest BCUT2D eigenvalue weighted by Crippen LogP contribution is 2.22. The Morgan fingerprint density at radius 1 is 1.43 bits per heavy atom. The molecule has 0 aliphatic heterocycles. The van der Waals surface area contributed by atoms with Crippen LogP contribution in [-0.2, 0) is 14.8 Å². The van der Waals surface area contributed by atoms with Crippen LogP contribution in [-0.4, -0.2) is 52.2 Å². The van der Waals surface area contributed by atoms with E-state index in [-0.39, 0.29) is 29.2 Å². The van der Waals surface area contributed by atoms with Crippen LogP contribution in [0.5, 0.6) is 0 Å².